The zero-order valence-corrected chi connectivity index (χ0v) is 10.2. The summed E-state index contributed by atoms with van der Waals surface area (Å²) in [6.07, 6.45) is 0. The molecule has 1 aromatic rings. The fourth-order valence-corrected chi connectivity index (χ4v) is 1.57. The molecule has 0 aromatic heterocycles. The first-order valence-electron chi connectivity index (χ1n) is 5.07. The Kier molecular flexibility index (Phi) is 3.55. The highest BCUT2D eigenvalue weighted by molar-refractivity contribution is 5.86. The molecular formula is C12H18N2O2. The number of rotatable bonds is 3. The third-order valence-electron chi connectivity index (χ3n) is 2.67. The average Bonchev–Trinajstić information content (AvgIpc) is 2.28. The van der Waals surface area contributed by atoms with Crippen LogP contribution in [0.25, 0.3) is 0 Å². The number of hydrazine groups is 1. The van der Waals surface area contributed by atoms with Crippen molar-refractivity contribution in [2.75, 3.05) is 14.2 Å². The van der Waals surface area contributed by atoms with E-state index in [-0.39, 0.29) is 5.91 Å². The van der Waals surface area contributed by atoms with Crippen molar-refractivity contribution in [1.29, 1.82) is 0 Å². The normalized spacial score (nSPS) is 11.1. The molecule has 0 aliphatic rings. The lowest BCUT2D eigenvalue weighted by molar-refractivity contribution is -0.135. The number of carbonyl (C=O) groups is 1. The first kappa shape index (κ1) is 12.5. The number of nitrogens with two attached hydrogens (primary N) is 1. The van der Waals surface area contributed by atoms with Gasteiger partial charge in [-0.3, -0.25) is 9.80 Å². The van der Waals surface area contributed by atoms with Crippen LogP contribution in [0.5, 0.6) is 5.75 Å². The molecule has 1 aromatic carbocycles. The van der Waals surface area contributed by atoms with Crippen LogP contribution >= 0.6 is 0 Å². The second kappa shape index (κ2) is 4.53. The number of hydrogen-bond acceptors (Lipinski definition) is 3. The van der Waals surface area contributed by atoms with Crippen molar-refractivity contribution in [3.05, 3.63) is 29.8 Å². The molecule has 0 saturated heterocycles. The monoisotopic (exact) mass is 222 g/mol. The zero-order chi connectivity index (χ0) is 12.3. The minimum atomic E-state index is -0.629. The number of carbonyl (C=O) groups excluding carboxylic acids is 1. The van der Waals surface area contributed by atoms with Crippen LogP contribution in [-0.2, 0) is 10.2 Å². The maximum atomic E-state index is 11.9. The van der Waals surface area contributed by atoms with Gasteiger partial charge in [0.15, 0.2) is 0 Å². The van der Waals surface area contributed by atoms with E-state index in [1.165, 1.54) is 0 Å². The number of benzene rings is 1. The maximum absolute atomic E-state index is 11.9. The van der Waals surface area contributed by atoms with Crippen molar-refractivity contribution in [2.45, 2.75) is 19.3 Å². The molecule has 0 aliphatic heterocycles. The van der Waals surface area contributed by atoms with Crippen molar-refractivity contribution in [2.24, 2.45) is 5.84 Å². The molecule has 0 unspecified atom stereocenters. The van der Waals surface area contributed by atoms with Gasteiger partial charge in [-0.05, 0) is 31.5 Å². The number of hydrogen-bond donors (Lipinski definition) is 1. The summed E-state index contributed by atoms with van der Waals surface area (Å²) in [5.41, 5.74) is 0.283. The van der Waals surface area contributed by atoms with Gasteiger partial charge in [0, 0.05) is 7.05 Å². The summed E-state index contributed by atoms with van der Waals surface area (Å²) in [4.78, 5) is 11.9. The van der Waals surface area contributed by atoms with Crippen LogP contribution in [0.15, 0.2) is 24.3 Å². The Balaban J connectivity index is 3.02. The molecule has 4 nitrogen and oxygen atoms in total. The molecule has 0 aliphatic carbocycles. The molecule has 88 valence electrons. The molecule has 0 radical (unpaired) electrons. The molecule has 1 rings (SSSR count). The first-order valence-corrected chi connectivity index (χ1v) is 5.07. The molecule has 0 fully saturated rings. The van der Waals surface area contributed by atoms with E-state index in [1.54, 1.807) is 14.2 Å². The Labute approximate surface area is 96.0 Å². The van der Waals surface area contributed by atoms with Crippen LogP contribution in [-0.4, -0.2) is 25.1 Å². The van der Waals surface area contributed by atoms with Gasteiger partial charge in [0.2, 0.25) is 5.91 Å². The lowest BCUT2D eigenvalue weighted by Crippen LogP contribution is -2.44. The van der Waals surface area contributed by atoms with Gasteiger partial charge in [-0.15, -0.1) is 0 Å². The van der Waals surface area contributed by atoms with Crippen LogP contribution < -0.4 is 10.6 Å². The third kappa shape index (κ3) is 2.33. The van der Waals surface area contributed by atoms with E-state index in [2.05, 4.69) is 0 Å². The summed E-state index contributed by atoms with van der Waals surface area (Å²) in [6.45, 7) is 3.70. The van der Waals surface area contributed by atoms with Crippen molar-refractivity contribution in [1.82, 2.24) is 5.01 Å². The van der Waals surface area contributed by atoms with E-state index in [9.17, 15) is 4.79 Å². The van der Waals surface area contributed by atoms with Crippen molar-refractivity contribution in [3.8, 4) is 5.75 Å². The topological polar surface area (TPSA) is 55.6 Å². The molecular weight excluding hydrogens is 204 g/mol. The van der Waals surface area contributed by atoms with Gasteiger partial charge in [0.05, 0.1) is 12.5 Å². The van der Waals surface area contributed by atoms with Gasteiger partial charge in [0.1, 0.15) is 5.75 Å². The van der Waals surface area contributed by atoms with Crippen LogP contribution in [0.3, 0.4) is 0 Å². The van der Waals surface area contributed by atoms with Gasteiger partial charge >= 0.3 is 0 Å². The quantitative estimate of drug-likeness (QED) is 0.476. The first-order chi connectivity index (χ1) is 7.39. The molecule has 1 amide bonds. The van der Waals surface area contributed by atoms with Gasteiger partial charge < -0.3 is 4.74 Å². The summed E-state index contributed by atoms with van der Waals surface area (Å²) in [5.74, 6) is 6.12. The van der Waals surface area contributed by atoms with Crippen molar-refractivity contribution in [3.63, 3.8) is 0 Å². The smallest absolute Gasteiger partial charge is 0.246 e. The lowest BCUT2D eigenvalue weighted by atomic mass is 9.83. The van der Waals surface area contributed by atoms with E-state index in [1.807, 2.05) is 38.1 Å². The highest BCUT2D eigenvalue weighted by atomic mass is 16.5. The third-order valence-corrected chi connectivity index (χ3v) is 2.67. The zero-order valence-electron chi connectivity index (χ0n) is 10.2. The van der Waals surface area contributed by atoms with Crippen LogP contribution in [0.4, 0.5) is 0 Å². The van der Waals surface area contributed by atoms with Gasteiger partial charge in [-0.1, -0.05) is 12.1 Å². The Bertz CT molecular complexity index is 369. The predicted octanol–water partition coefficient (Wildman–Crippen LogP) is 1.30. The summed E-state index contributed by atoms with van der Waals surface area (Å²) in [6, 6.07) is 7.42. The SMILES string of the molecule is COc1ccc(C(C)(C)C(=O)N(C)N)cc1. The molecule has 0 atom stereocenters. The predicted molar refractivity (Wildman–Crippen MR) is 63.0 cm³/mol. The molecule has 16 heavy (non-hydrogen) atoms. The number of nitrogens with zero attached hydrogens (tertiary/aromatic N) is 1. The Morgan fingerprint density at radius 2 is 1.81 bits per heavy atom. The molecule has 2 N–H and O–H groups in total. The fraction of sp³-hybridized carbons (Fsp3) is 0.417. The highest BCUT2D eigenvalue weighted by Gasteiger charge is 2.31. The molecule has 0 heterocycles. The molecule has 0 spiro atoms. The summed E-state index contributed by atoms with van der Waals surface area (Å²) in [7, 11) is 3.16. The second-order valence-corrected chi connectivity index (χ2v) is 4.27. The summed E-state index contributed by atoms with van der Waals surface area (Å²) in [5, 5.41) is 1.12. The minimum Gasteiger partial charge on any atom is -0.497 e. The van der Waals surface area contributed by atoms with E-state index in [4.69, 9.17) is 10.6 Å². The van der Waals surface area contributed by atoms with E-state index in [0.717, 1.165) is 16.3 Å². The maximum Gasteiger partial charge on any atom is 0.246 e. The summed E-state index contributed by atoms with van der Waals surface area (Å²) >= 11 is 0. The summed E-state index contributed by atoms with van der Waals surface area (Å²) < 4.78 is 5.07. The standard InChI is InChI=1S/C12H18N2O2/c1-12(2,11(15)14(3)13)9-5-7-10(16-4)8-6-9/h5-8H,13H2,1-4H3. The Hall–Kier alpha value is -1.55. The number of likely N-dealkylation sites (N-methyl/N-ethyl adjacent to an activating group) is 1. The fourth-order valence-electron chi connectivity index (χ4n) is 1.57. The lowest BCUT2D eigenvalue weighted by Gasteiger charge is -2.27. The Morgan fingerprint density at radius 1 is 1.31 bits per heavy atom. The molecule has 4 heteroatoms. The van der Waals surface area contributed by atoms with Crippen LogP contribution in [0, 0.1) is 0 Å². The average molecular weight is 222 g/mol. The number of amides is 1. The van der Waals surface area contributed by atoms with Crippen molar-refractivity contribution >= 4 is 5.91 Å². The molecule has 0 saturated carbocycles. The highest BCUT2D eigenvalue weighted by Crippen LogP contribution is 2.26. The van der Waals surface area contributed by atoms with Crippen molar-refractivity contribution < 1.29 is 9.53 Å². The van der Waals surface area contributed by atoms with E-state index >= 15 is 0 Å². The van der Waals surface area contributed by atoms with Crippen LogP contribution in [0.1, 0.15) is 19.4 Å². The number of methoxy groups -OCH3 is 1. The largest absolute Gasteiger partial charge is 0.497 e. The Morgan fingerprint density at radius 3 is 2.19 bits per heavy atom. The second-order valence-electron chi connectivity index (χ2n) is 4.27. The number of ether oxygens (including phenoxy) is 1. The minimum absolute atomic E-state index is 0.127. The van der Waals surface area contributed by atoms with E-state index in [0.29, 0.717) is 0 Å². The molecule has 0 bridgehead atoms. The van der Waals surface area contributed by atoms with Gasteiger partial charge in [-0.25, -0.2) is 5.84 Å². The van der Waals surface area contributed by atoms with Crippen LogP contribution in [0.2, 0.25) is 0 Å². The van der Waals surface area contributed by atoms with E-state index < -0.39 is 5.41 Å². The van der Waals surface area contributed by atoms with Gasteiger partial charge in [0.25, 0.3) is 0 Å². The van der Waals surface area contributed by atoms with Gasteiger partial charge in [-0.2, -0.15) is 0 Å².